The third-order valence-corrected chi connectivity index (χ3v) is 1.29. The van der Waals surface area contributed by atoms with Gasteiger partial charge in [0.2, 0.25) is 0 Å². The molecule has 0 amide bonds. The van der Waals surface area contributed by atoms with Gasteiger partial charge in [-0.15, -0.1) is 12.4 Å². The smallest absolute Gasteiger partial charge is 0.320 e. The number of hydrogen-bond donors (Lipinski definition) is 3. The SMILES string of the molecule is Cl.NCCCC[C@H](N)[13C](=O)O. The zero-order chi connectivity index (χ0) is 7.98. The first-order valence-corrected chi connectivity index (χ1v) is 3.37. The Balaban J connectivity index is 0. The Bertz CT molecular complexity index is 111. The van der Waals surface area contributed by atoms with Crippen LogP contribution in [-0.2, 0) is 4.79 Å². The lowest BCUT2D eigenvalue weighted by molar-refractivity contribution is -0.138. The molecule has 0 unspecified atom stereocenters. The van der Waals surface area contributed by atoms with Gasteiger partial charge in [0.25, 0.3) is 0 Å². The van der Waals surface area contributed by atoms with Crippen LogP contribution < -0.4 is 11.5 Å². The Kier molecular flexibility index (Phi) is 9.40. The molecule has 0 spiro atoms. The second-order valence-corrected chi connectivity index (χ2v) is 2.23. The van der Waals surface area contributed by atoms with Crippen LogP contribution in [0.3, 0.4) is 0 Å². The maximum atomic E-state index is 10.1. The Morgan fingerprint density at radius 1 is 1.45 bits per heavy atom. The highest BCUT2D eigenvalue weighted by Crippen LogP contribution is 1.96. The molecule has 5 heteroatoms. The van der Waals surface area contributed by atoms with Crippen LogP contribution in [0.2, 0.25) is 0 Å². The van der Waals surface area contributed by atoms with Crippen molar-refractivity contribution in [1.29, 1.82) is 0 Å². The van der Waals surface area contributed by atoms with Gasteiger partial charge in [0.1, 0.15) is 6.04 Å². The number of aliphatic carboxylic acids is 1. The predicted octanol–water partition coefficient (Wildman–Crippen LogP) is -0.0509. The summed E-state index contributed by atoms with van der Waals surface area (Å²) in [6.07, 6.45) is 2.16. The van der Waals surface area contributed by atoms with Gasteiger partial charge in [-0.2, -0.15) is 0 Å². The third-order valence-electron chi connectivity index (χ3n) is 1.29. The van der Waals surface area contributed by atoms with E-state index in [1.807, 2.05) is 0 Å². The lowest BCUT2D eigenvalue weighted by Crippen LogP contribution is -2.29. The molecule has 0 aliphatic heterocycles. The largest absolute Gasteiger partial charge is 0.480 e. The summed E-state index contributed by atoms with van der Waals surface area (Å²) >= 11 is 0. The standard InChI is InChI=1S/C6H14N2O2.ClH/c7-4-2-1-3-5(8)6(9)10;/h5H,1-4,7-8H2,(H,9,10);1H/t5-;/m0./s1/i6+1;. The minimum Gasteiger partial charge on any atom is -0.480 e. The Hall–Kier alpha value is -0.320. The molecule has 0 heterocycles. The number of carboxylic acids is 1. The molecular formula is C6H15ClN2O2. The maximum Gasteiger partial charge on any atom is 0.320 e. The van der Waals surface area contributed by atoms with E-state index in [0.29, 0.717) is 13.0 Å². The molecule has 0 aliphatic rings. The van der Waals surface area contributed by atoms with Crippen LogP contribution in [0.15, 0.2) is 0 Å². The average Bonchev–Trinajstić information content (AvgIpc) is 1.88. The lowest BCUT2D eigenvalue weighted by atomic mass is 10.2. The van der Waals surface area contributed by atoms with Gasteiger partial charge in [0.15, 0.2) is 0 Å². The van der Waals surface area contributed by atoms with Crippen molar-refractivity contribution in [2.24, 2.45) is 11.5 Å². The van der Waals surface area contributed by atoms with E-state index in [9.17, 15) is 4.79 Å². The van der Waals surface area contributed by atoms with Gasteiger partial charge in [-0.1, -0.05) is 6.42 Å². The van der Waals surface area contributed by atoms with Gasteiger partial charge < -0.3 is 16.6 Å². The first kappa shape index (κ1) is 13.3. The summed E-state index contributed by atoms with van der Waals surface area (Å²) < 4.78 is 0. The molecule has 4 nitrogen and oxygen atoms in total. The fourth-order valence-electron chi connectivity index (χ4n) is 0.632. The molecule has 68 valence electrons. The fraction of sp³-hybridized carbons (Fsp3) is 0.833. The quantitative estimate of drug-likeness (QED) is 0.412. The fourth-order valence-corrected chi connectivity index (χ4v) is 0.632. The molecule has 0 aliphatic carbocycles. The normalized spacial score (nSPS) is 11.8. The van der Waals surface area contributed by atoms with Crippen LogP contribution >= 0.6 is 12.4 Å². The lowest BCUT2D eigenvalue weighted by Gasteiger charge is -2.03. The Morgan fingerprint density at radius 3 is 2.36 bits per heavy atom. The molecule has 0 rings (SSSR count). The van der Waals surface area contributed by atoms with E-state index in [4.69, 9.17) is 16.6 Å². The van der Waals surface area contributed by atoms with Gasteiger partial charge in [-0.25, -0.2) is 0 Å². The molecule has 0 aromatic rings. The molecule has 5 N–H and O–H groups in total. The molecule has 0 saturated heterocycles. The molecule has 0 saturated carbocycles. The van der Waals surface area contributed by atoms with Crippen molar-refractivity contribution in [3.05, 3.63) is 0 Å². The van der Waals surface area contributed by atoms with Gasteiger partial charge in [-0.3, -0.25) is 4.79 Å². The molecule has 0 bridgehead atoms. The first-order chi connectivity index (χ1) is 4.68. The van der Waals surface area contributed by atoms with E-state index >= 15 is 0 Å². The molecular weight excluding hydrogens is 169 g/mol. The molecule has 0 aromatic heterocycles. The minimum atomic E-state index is -0.933. The number of hydrogen-bond acceptors (Lipinski definition) is 3. The number of halogens is 1. The van der Waals surface area contributed by atoms with Crippen LogP contribution in [0.4, 0.5) is 0 Å². The van der Waals surface area contributed by atoms with Crippen LogP contribution in [0.1, 0.15) is 19.3 Å². The zero-order valence-corrected chi connectivity index (χ0v) is 7.14. The summed E-state index contributed by atoms with van der Waals surface area (Å²) in [6.45, 7) is 0.604. The van der Waals surface area contributed by atoms with Crippen LogP contribution in [-0.4, -0.2) is 23.7 Å². The van der Waals surface area contributed by atoms with E-state index in [-0.39, 0.29) is 12.4 Å². The zero-order valence-electron chi connectivity index (χ0n) is 6.32. The molecule has 0 radical (unpaired) electrons. The van der Waals surface area contributed by atoms with Gasteiger partial charge in [0.05, 0.1) is 0 Å². The second kappa shape index (κ2) is 7.78. The van der Waals surface area contributed by atoms with Gasteiger partial charge >= 0.3 is 5.97 Å². The summed E-state index contributed by atoms with van der Waals surface area (Å²) in [5, 5.41) is 8.33. The summed E-state index contributed by atoms with van der Waals surface area (Å²) in [5.41, 5.74) is 10.4. The summed E-state index contributed by atoms with van der Waals surface area (Å²) in [7, 11) is 0. The van der Waals surface area contributed by atoms with E-state index in [1.165, 1.54) is 0 Å². The van der Waals surface area contributed by atoms with Crippen molar-refractivity contribution in [3.63, 3.8) is 0 Å². The first-order valence-electron chi connectivity index (χ1n) is 3.37. The predicted molar refractivity (Wildman–Crippen MR) is 45.8 cm³/mol. The van der Waals surface area contributed by atoms with Crippen molar-refractivity contribution in [2.75, 3.05) is 6.54 Å². The van der Waals surface area contributed by atoms with Crippen molar-refractivity contribution >= 4 is 18.4 Å². The van der Waals surface area contributed by atoms with Crippen LogP contribution in [0.5, 0.6) is 0 Å². The number of unbranched alkanes of at least 4 members (excludes halogenated alkanes) is 1. The maximum absolute atomic E-state index is 10.1. The third kappa shape index (κ3) is 7.58. The van der Waals surface area contributed by atoms with Gasteiger partial charge in [0, 0.05) is 0 Å². The molecule has 1 atom stereocenters. The monoisotopic (exact) mass is 183 g/mol. The topological polar surface area (TPSA) is 89.3 Å². The molecule has 0 aromatic carbocycles. The van der Waals surface area contributed by atoms with E-state index in [0.717, 1.165) is 12.8 Å². The van der Waals surface area contributed by atoms with E-state index in [2.05, 4.69) is 0 Å². The van der Waals surface area contributed by atoms with E-state index in [1.54, 1.807) is 0 Å². The average molecular weight is 184 g/mol. The van der Waals surface area contributed by atoms with Crippen molar-refractivity contribution < 1.29 is 9.90 Å². The second-order valence-electron chi connectivity index (χ2n) is 2.23. The highest BCUT2D eigenvalue weighted by atomic mass is 35.5. The Morgan fingerprint density at radius 2 is 2.00 bits per heavy atom. The summed E-state index contributed by atoms with van der Waals surface area (Å²) in [5.74, 6) is -0.933. The minimum absolute atomic E-state index is 0. The summed E-state index contributed by atoms with van der Waals surface area (Å²) in [6, 6.07) is -0.716. The molecule has 0 fully saturated rings. The van der Waals surface area contributed by atoms with Crippen LogP contribution in [0, 0.1) is 0 Å². The highest BCUT2D eigenvalue weighted by Gasteiger charge is 2.09. The Labute approximate surface area is 72.4 Å². The molecule has 11 heavy (non-hydrogen) atoms. The van der Waals surface area contributed by atoms with Crippen molar-refractivity contribution in [2.45, 2.75) is 25.3 Å². The number of nitrogens with two attached hydrogens (primary N) is 2. The van der Waals surface area contributed by atoms with Crippen LogP contribution in [0.25, 0.3) is 0 Å². The van der Waals surface area contributed by atoms with Crippen molar-refractivity contribution in [3.8, 4) is 0 Å². The highest BCUT2D eigenvalue weighted by molar-refractivity contribution is 5.85. The van der Waals surface area contributed by atoms with E-state index < -0.39 is 12.0 Å². The van der Waals surface area contributed by atoms with Gasteiger partial charge in [-0.05, 0) is 19.4 Å². The number of carbonyl (C=O) groups is 1. The van der Waals surface area contributed by atoms with Crippen molar-refractivity contribution in [1.82, 2.24) is 0 Å². The number of carboxylic acid groups (broad SMARTS) is 1. The summed E-state index contributed by atoms with van der Waals surface area (Å²) in [4.78, 5) is 10.1. The number of rotatable bonds is 5.